The van der Waals surface area contributed by atoms with Gasteiger partial charge >= 0.3 is 5.97 Å². The minimum absolute atomic E-state index is 0.470. The van der Waals surface area contributed by atoms with E-state index in [4.69, 9.17) is 10.00 Å². The number of esters is 1. The molecule has 0 amide bonds. The van der Waals surface area contributed by atoms with Crippen LogP contribution in [0.1, 0.15) is 31.9 Å². The number of benzene rings is 1. The molecule has 0 radical (unpaired) electrons. The van der Waals surface area contributed by atoms with Crippen LogP contribution >= 0.6 is 0 Å². The third-order valence-electron chi connectivity index (χ3n) is 2.64. The molecule has 1 aromatic carbocycles. The third-order valence-corrected chi connectivity index (χ3v) is 2.64. The molecule has 0 atom stereocenters. The van der Waals surface area contributed by atoms with Crippen molar-refractivity contribution in [3.8, 4) is 6.07 Å². The van der Waals surface area contributed by atoms with E-state index in [0.717, 1.165) is 5.56 Å². The molecule has 22 heavy (non-hydrogen) atoms. The van der Waals surface area contributed by atoms with E-state index >= 15 is 0 Å². The summed E-state index contributed by atoms with van der Waals surface area (Å²) in [5, 5.41) is 12.9. The average molecular weight is 296 g/mol. The minimum atomic E-state index is -0.578. The van der Waals surface area contributed by atoms with Gasteiger partial charge in [0.05, 0.1) is 17.3 Å². The van der Waals surface area contributed by atoms with E-state index in [-0.39, 0.29) is 0 Å². The molecule has 1 heterocycles. The van der Waals surface area contributed by atoms with Crippen molar-refractivity contribution in [3.05, 3.63) is 54.1 Å². The van der Waals surface area contributed by atoms with Crippen molar-refractivity contribution in [3.63, 3.8) is 0 Å². The predicted octanol–water partition coefficient (Wildman–Crippen LogP) is 2.38. The number of aromatic nitrogens is 3. The number of ether oxygens (including phenoxy) is 1. The van der Waals surface area contributed by atoms with Crippen molar-refractivity contribution in [1.82, 2.24) is 14.8 Å². The summed E-state index contributed by atoms with van der Waals surface area (Å²) in [6.45, 7) is 5.40. The number of carbonyl (C=O) groups is 1. The molecule has 6 nitrogen and oxygen atoms in total. The van der Waals surface area contributed by atoms with Crippen LogP contribution in [0.5, 0.6) is 0 Å². The SMILES string of the molecule is CC(C)(C)OC(=O)C=C(c1ccc(C#N)cc1)n1cncn1. The molecular weight excluding hydrogens is 280 g/mol. The summed E-state index contributed by atoms with van der Waals surface area (Å²) >= 11 is 0. The molecule has 0 saturated carbocycles. The van der Waals surface area contributed by atoms with Gasteiger partial charge in [0.15, 0.2) is 0 Å². The maximum absolute atomic E-state index is 12.0. The number of carbonyl (C=O) groups excluding carboxylic acids is 1. The molecule has 6 heteroatoms. The van der Waals surface area contributed by atoms with E-state index in [0.29, 0.717) is 11.3 Å². The first-order valence-electron chi connectivity index (χ1n) is 6.69. The quantitative estimate of drug-likeness (QED) is 0.641. The summed E-state index contributed by atoms with van der Waals surface area (Å²) in [5.41, 5.74) is 1.22. The van der Waals surface area contributed by atoms with Gasteiger partial charge in [-0.05, 0) is 32.9 Å². The molecular formula is C16H16N4O2. The Balaban J connectivity index is 2.39. The molecule has 2 aromatic rings. The lowest BCUT2D eigenvalue weighted by molar-refractivity contribution is -0.148. The van der Waals surface area contributed by atoms with Crippen molar-refractivity contribution in [2.45, 2.75) is 26.4 Å². The Morgan fingerprint density at radius 3 is 2.50 bits per heavy atom. The van der Waals surface area contributed by atoms with Crippen LogP contribution in [0.15, 0.2) is 43.0 Å². The van der Waals surface area contributed by atoms with E-state index in [1.165, 1.54) is 23.4 Å². The van der Waals surface area contributed by atoms with Gasteiger partial charge < -0.3 is 4.74 Å². The summed E-state index contributed by atoms with van der Waals surface area (Å²) in [5.74, 6) is -0.470. The topological polar surface area (TPSA) is 80.8 Å². The van der Waals surface area contributed by atoms with E-state index in [1.807, 2.05) is 0 Å². The van der Waals surface area contributed by atoms with Gasteiger partial charge in [0, 0.05) is 11.6 Å². The Morgan fingerprint density at radius 1 is 1.32 bits per heavy atom. The summed E-state index contributed by atoms with van der Waals surface area (Å²) in [6, 6.07) is 8.90. The zero-order chi connectivity index (χ0) is 16.2. The van der Waals surface area contributed by atoms with Crippen molar-refractivity contribution < 1.29 is 9.53 Å². The van der Waals surface area contributed by atoms with Crippen molar-refractivity contribution >= 4 is 11.7 Å². The van der Waals surface area contributed by atoms with Gasteiger partial charge in [-0.3, -0.25) is 0 Å². The van der Waals surface area contributed by atoms with Gasteiger partial charge in [0.2, 0.25) is 0 Å². The number of hydrogen-bond acceptors (Lipinski definition) is 5. The highest BCUT2D eigenvalue weighted by Gasteiger charge is 2.16. The Kier molecular flexibility index (Phi) is 4.37. The minimum Gasteiger partial charge on any atom is -0.457 e. The van der Waals surface area contributed by atoms with Gasteiger partial charge in [-0.25, -0.2) is 14.5 Å². The monoisotopic (exact) mass is 296 g/mol. The lowest BCUT2D eigenvalue weighted by Gasteiger charge is -2.18. The Labute approximate surface area is 128 Å². The van der Waals surface area contributed by atoms with Crippen molar-refractivity contribution in [2.24, 2.45) is 0 Å². The highest BCUT2D eigenvalue weighted by Crippen LogP contribution is 2.18. The fourth-order valence-corrected chi connectivity index (χ4v) is 1.77. The molecule has 0 spiro atoms. The molecule has 0 bridgehead atoms. The van der Waals surface area contributed by atoms with Gasteiger partial charge in [0.25, 0.3) is 0 Å². The van der Waals surface area contributed by atoms with Crippen LogP contribution in [0.3, 0.4) is 0 Å². The van der Waals surface area contributed by atoms with Crippen LogP contribution in [-0.4, -0.2) is 26.3 Å². The number of rotatable bonds is 3. The van der Waals surface area contributed by atoms with E-state index in [9.17, 15) is 4.79 Å². The second kappa shape index (κ2) is 6.22. The second-order valence-corrected chi connectivity index (χ2v) is 5.59. The van der Waals surface area contributed by atoms with Gasteiger partial charge in [-0.1, -0.05) is 12.1 Å². The van der Waals surface area contributed by atoms with E-state index < -0.39 is 11.6 Å². The molecule has 0 aliphatic rings. The van der Waals surface area contributed by atoms with Gasteiger partial charge in [-0.15, -0.1) is 0 Å². The summed E-state index contributed by atoms with van der Waals surface area (Å²) in [6.07, 6.45) is 4.24. The number of hydrogen-bond donors (Lipinski definition) is 0. The second-order valence-electron chi connectivity index (χ2n) is 5.59. The Bertz CT molecular complexity index is 717. The lowest BCUT2D eigenvalue weighted by Crippen LogP contribution is -2.23. The number of nitrogens with zero attached hydrogens (tertiary/aromatic N) is 4. The predicted molar refractivity (Wildman–Crippen MR) is 80.4 cm³/mol. The number of nitriles is 1. The summed E-state index contributed by atoms with van der Waals surface area (Å²) in [7, 11) is 0. The first kappa shape index (κ1) is 15.4. The highest BCUT2D eigenvalue weighted by atomic mass is 16.6. The standard InChI is InChI=1S/C16H16N4O2/c1-16(2,3)22-15(21)8-14(20-11-18-10-19-20)13-6-4-12(9-17)5-7-13/h4-8,10-11H,1-3H3. The fraction of sp³-hybridized carbons (Fsp3) is 0.250. The van der Waals surface area contributed by atoms with Crippen LogP contribution < -0.4 is 0 Å². The molecule has 0 aliphatic heterocycles. The molecule has 0 N–H and O–H groups in total. The first-order chi connectivity index (χ1) is 10.4. The van der Waals surface area contributed by atoms with Gasteiger partial charge in [0.1, 0.15) is 18.3 Å². The molecule has 1 aromatic heterocycles. The van der Waals surface area contributed by atoms with Crippen LogP contribution in [0.2, 0.25) is 0 Å². The molecule has 0 aliphatic carbocycles. The Morgan fingerprint density at radius 2 is 2.00 bits per heavy atom. The van der Waals surface area contributed by atoms with E-state index in [1.54, 1.807) is 45.0 Å². The van der Waals surface area contributed by atoms with E-state index in [2.05, 4.69) is 16.2 Å². The molecule has 0 fully saturated rings. The maximum atomic E-state index is 12.0. The average Bonchev–Trinajstić information content (AvgIpc) is 2.97. The zero-order valence-electron chi connectivity index (χ0n) is 12.6. The molecule has 0 unspecified atom stereocenters. The van der Waals surface area contributed by atoms with Crippen molar-refractivity contribution in [1.29, 1.82) is 5.26 Å². The fourth-order valence-electron chi connectivity index (χ4n) is 1.77. The van der Waals surface area contributed by atoms with Crippen LogP contribution in [0.4, 0.5) is 0 Å². The molecule has 2 rings (SSSR count). The maximum Gasteiger partial charge on any atom is 0.333 e. The zero-order valence-corrected chi connectivity index (χ0v) is 12.6. The smallest absolute Gasteiger partial charge is 0.333 e. The largest absolute Gasteiger partial charge is 0.457 e. The van der Waals surface area contributed by atoms with Gasteiger partial charge in [-0.2, -0.15) is 10.4 Å². The highest BCUT2D eigenvalue weighted by molar-refractivity contribution is 5.91. The summed E-state index contributed by atoms with van der Waals surface area (Å²) < 4.78 is 6.78. The Hall–Kier alpha value is -2.94. The van der Waals surface area contributed by atoms with Crippen LogP contribution in [0.25, 0.3) is 5.70 Å². The first-order valence-corrected chi connectivity index (χ1v) is 6.69. The lowest BCUT2D eigenvalue weighted by atomic mass is 10.1. The third kappa shape index (κ3) is 4.03. The molecule has 0 saturated heterocycles. The molecule has 112 valence electrons. The summed E-state index contributed by atoms with van der Waals surface area (Å²) in [4.78, 5) is 15.9. The normalized spacial score (nSPS) is 11.8. The van der Waals surface area contributed by atoms with Crippen LogP contribution in [0, 0.1) is 11.3 Å². The van der Waals surface area contributed by atoms with Crippen molar-refractivity contribution in [2.75, 3.05) is 0 Å². The van der Waals surface area contributed by atoms with Crippen LogP contribution in [-0.2, 0) is 9.53 Å².